The monoisotopic (exact) mass is 172 g/mol. The van der Waals surface area contributed by atoms with Crippen LogP contribution in [0.15, 0.2) is 0 Å². The smallest absolute Gasteiger partial charge is 0.00393 e. The molecule has 0 bridgehead atoms. The van der Waals surface area contributed by atoms with Gasteiger partial charge in [0.1, 0.15) is 0 Å². The van der Waals surface area contributed by atoms with Gasteiger partial charge in [-0.25, -0.2) is 0 Å². The molecule has 74 valence electrons. The minimum Gasteiger partial charge on any atom is -0.330 e. The molecule has 0 radical (unpaired) electrons. The molecule has 0 saturated carbocycles. The van der Waals surface area contributed by atoms with Crippen LogP contribution in [0.2, 0.25) is 0 Å². The molecular formula is C10H24N2. The van der Waals surface area contributed by atoms with Crippen LogP contribution in [0, 0.1) is 5.92 Å². The molecule has 0 aromatic rings. The van der Waals surface area contributed by atoms with E-state index in [1.165, 1.54) is 12.8 Å². The van der Waals surface area contributed by atoms with E-state index >= 15 is 0 Å². The zero-order chi connectivity index (χ0) is 9.40. The van der Waals surface area contributed by atoms with Gasteiger partial charge < -0.3 is 11.5 Å². The third kappa shape index (κ3) is 8.02. The summed E-state index contributed by atoms with van der Waals surface area (Å²) < 4.78 is 0. The summed E-state index contributed by atoms with van der Waals surface area (Å²) >= 11 is 0. The molecule has 2 nitrogen and oxygen atoms in total. The summed E-state index contributed by atoms with van der Waals surface area (Å²) in [5.41, 5.74) is 11.3. The van der Waals surface area contributed by atoms with E-state index in [1.54, 1.807) is 0 Å². The van der Waals surface area contributed by atoms with Crippen molar-refractivity contribution in [2.24, 2.45) is 17.4 Å². The number of hydrogen-bond donors (Lipinski definition) is 2. The van der Waals surface area contributed by atoms with Gasteiger partial charge in [-0.05, 0) is 31.7 Å². The zero-order valence-corrected chi connectivity index (χ0v) is 8.55. The van der Waals surface area contributed by atoms with E-state index in [4.69, 9.17) is 11.5 Å². The van der Waals surface area contributed by atoms with Crippen molar-refractivity contribution in [1.82, 2.24) is 0 Å². The van der Waals surface area contributed by atoms with E-state index in [0.29, 0.717) is 6.04 Å². The van der Waals surface area contributed by atoms with E-state index in [2.05, 4.69) is 13.8 Å². The molecule has 1 unspecified atom stereocenters. The molecule has 0 aromatic carbocycles. The molecule has 0 rings (SSSR count). The highest BCUT2D eigenvalue weighted by Gasteiger charge is 2.02. The first-order valence-corrected chi connectivity index (χ1v) is 5.12. The SMILES string of the molecule is CC(C)CCCC(N)CCCN. The van der Waals surface area contributed by atoms with Gasteiger partial charge in [0.15, 0.2) is 0 Å². The Kier molecular flexibility index (Phi) is 7.51. The van der Waals surface area contributed by atoms with Crippen molar-refractivity contribution in [2.45, 2.75) is 52.0 Å². The predicted octanol–water partition coefficient (Wildman–Crippen LogP) is 1.88. The molecular weight excluding hydrogens is 148 g/mol. The topological polar surface area (TPSA) is 52.0 Å². The van der Waals surface area contributed by atoms with Gasteiger partial charge in [0, 0.05) is 6.04 Å². The van der Waals surface area contributed by atoms with E-state index < -0.39 is 0 Å². The second-order valence-electron chi connectivity index (χ2n) is 4.02. The van der Waals surface area contributed by atoms with Crippen molar-refractivity contribution in [3.63, 3.8) is 0 Å². The van der Waals surface area contributed by atoms with Crippen LogP contribution >= 0.6 is 0 Å². The Labute approximate surface area is 76.7 Å². The molecule has 0 aromatic heterocycles. The van der Waals surface area contributed by atoms with Crippen molar-refractivity contribution >= 4 is 0 Å². The van der Waals surface area contributed by atoms with Crippen LogP contribution in [-0.2, 0) is 0 Å². The van der Waals surface area contributed by atoms with Gasteiger partial charge in [0.2, 0.25) is 0 Å². The molecule has 0 amide bonds. The lowest BCUT2D eigenvalue weighted by molar-refractivity contribution is 0.476. The van der Waals surface area contributed by atoms with E-state index in [9.17, 15) is 0 Å². The van der Waals surface area contributed by atoms with Crippen molar-refractivity contribution in [3.05, 3.63) is 0 Å². The highest BCUT2D eigenvalue weighted by molar-refractivity contribution is 4.62. The third-order valence-corrected chi connectivity index (χ3v) is 2.14. The normalized spacial score (nSPS) is 13.8. The number of nitrogens with two attached hydrogens (primary N) is 2. The first-order valence-electron chi connectivity index (χ1n) is 5.12. The average Bonchev–Trinajstić information content (AvgIpc) is 2.00. The quantitative estimate of drug-likeness (QED) is 0.616. The predicted molar refractivity (Wildman–Crippen MR) is 55.0 cm³/mol. The minimum atomic E-state index is 0.382. The van der Waals surface area contributed by atoms with Gasteiger partial charge in [-0.2, -0.15) is 0 Å². The maximum absolute atomic E-state index is 5.89. The highest BCUT2D eigenvalue weighted by atomic mass is 14.6. The second-order valence-corrected chi connectivity index (χ2v) is 4.02. The van der Waals surface area contributed by atoms with Crippen LogP contribution < -0.4 is 11.5 Å². The minimum absolute atomic E-state index is 0.382. The second kappa shape index (κ2) is 7.56. The van der Waals surface area contributed by atoms with Gasteiger partial charge >= 0.3 is 0 Å². The van der Waals surface area contributed by atoms with Crippen LogP contribution in [0.5, 0.6) is 0 Å². The van der Waals surface area contributed by atoms with E-state index in [1.807, 2.05) is 0 Å². The van der Waals surface area contributed by atoms with Crippen LogP contribution in [0.1, 0.15) is 46.0 Å². The Balaban J connectivity index is 3.13. The Hall–Kier alpha value is -0.0800. The summed E-state index contributed by atoms with van der Waals surface area (Å²) in [5, 5.41) is 0. The van der Waals surface area contributed by atoms with Crippen molar-refractivity contribution in [2.75, 3.05) is 6.54 Å². The van der Waals surface area contributed by atoms with Crippen molar-refractivity contribution in [3.8, 4) is 0 Å². The summed E-state index contributed by atoms with van der Waals surface area (Å²) in [6, 6.07) is 0.382. The molecule has 2 heteroatoms. The highest BCUT2D eigenvalue weighted by Crippen LogP contribution is 2.09. The lowest BCUT2D eigenvalue weighted by atomic mass is 10.0. The van der Waals surface area contributed by atoms with E-state index in [0.717, 1.165) is 31.7 Å². The Morgan fingerprint density at radius 2 is 1.58 bits per heavy atom. The summed E-state index contributed by atoms with van der Waals surface area (Å²) in [4.78, 5) is 0. The molecule has 12 heavy (non-hydrogen) atoms. The largest absolute Gasteiger partial charge is 0.330 e. The number of hydrogen-bond acceptors (Lipinski definition) is 2. The summed E-state index contributed by atoms with van der Waals surface area (Å²) in [7, 11) is 0. The average molecular weight is 172 g/mol. The lowest BCUT2D eigenvalue weighted by Gasteiger charge is -2.11. The standard InChI is InChI=1S/C10H24N2/c1-9(2)5-3-6-10(12)7-4-8-11/h9-10H,3-8,11-12H2,1-2H3. The van der Waals surface area contributed by atoms with Gasteiger partial charge in [0.25, 0.3) is 0 Å². The Morgan fingerprint density at radius 3 is 2.08 bits per heavy atom. The molecule has 0 aliphatic heterocycles. The first kappa shape index (κ1) is 11.9. The van der Waals surface area contributed by atoms with Gasteiger partial charge in [-0.1, -0.05) is 26.7 Å². The molecule has 0 spiro atoms. The van der Waals surface area contributed by atoms with Gasteiger partial charge in [-0.3, -0.25) is 0 Å². The maximum Gasteiger partial charge on any atom is 0.00393 e. The van der Waals surface area contributed by atoms with Crippen molar-refractivity contribution in [1.29, 1.82) is 0 Å². The Morgan fingerprint density at radius 1 is 1.00 bits per heavy atom. The fourth-order valence-corrected chi connectivity index (χ4v) is 1.31. The summed E-state index contributed by atoms with van der Waals surface area (Å²) in [6.45, 7) is 5.29. The van der Waals surface area contributed by atoms with Crippen LogP contribution in [0.4, 0.5) is 0 Å². The lowest BCUT2D eigenvalue weighted by Crippen LogP contribution is -2.21. The van der Waals surface area contributed by atoms with Gasteiger partial charge in [0.05, 0.1) is 0 Å². The third-order valence-electron chi connectivity index (χ3n) is 2.14. The van der Waals surface area contributed by atoms with Crippen LogP contribution in [0.3, 0.4) is 0 Å². The van der Waals surface area contributed by atoms with Crippen molar-refractivity contribution < 1.29 is 0 Å². The maximum atomic E-state index is 5.89. The molecule has 1 atom stereocenters. The first-order chi connectivity index (χ1) is 5.66. The molecule has 0 aliphatic rings. The molecule has 0 heterocycles. The molecule has 0 saturated heterocycles. The summed E-state index contributed by atoms with van der Waals surface area (Å²) in [5.74, 6) is 0.812. The molecule has 0 fully saturated rings. The molecule has 0 aliphatic carbocycles. The Bertz CT molecular complexity index is 91.8. The number of rotatable bonds is 7. The van der Waals surface area contributed by atoms with Crippen LogP contribution in [0.25, 0.3) is 0 Å². The van der Waals surface area contributed by atoms with Gasteiger partial charge in [-0.15, -0.1) is 0 Å². The molecule has 4 N–H and O–H groups in total. The summed E-state index contributed by atoms with van der Waals surface area (Å²) in [6.07, 6.45) is 5.90. The van der Waals surface area contributed by atoms with Crippen LogP contribution in [-0.4, -0.2) is 12.6 Å². The zero-order valence-electron chi connectivity index (χ0n) is 8.55. The fourth-order valence-electron chi connectivity index (χ4n) is 1.31. The fraction of sp³-hybridized carbons (Fsp3) is 1.00. The van der Waals surface area contributed by atoms with E-state index in [-0.39, 0.29) is 0 Å².